The highest BCUT2D eigenvalue weighted by molar-refractivity contribution is 7.98. The Kier molecular flexibility index (Phi) is 4.57. The van der Waals surface area contributed by atoms with Gasteiger partial charge in [-0.25, -0.2) is 0 Å². The standard InChI is InChI=1S/C15H19N3O2S/c1-10-5-3-4-6-13(10)21-9-14-17-15(20-18-14)11-7-19-8-12(11)16-2/h3-6,11-12,16H,7-9H2,1-2H3. The van der Waals surface area contributed by atoms with Crippen LogP contribution in [0.2, 0.25) is 0 Å². The van der Waals surface area contributed by atoms with Crippen molar-refractivity contribution < 1.29 is 9.26 Å². The van der Waals surface area contributed by atoms with Crippen LogP contribution >= 0.6 is 11.8 Å². The summed E-state index contributed by atoms with van der Waals surface area (Å²) in [7, 11) is 1.93. The minimum Gasteiger partial charge on any atom is -0.379 e. The number of nitrogens with zero attached hydrogens (tertiary/aromatic N) is 2. The van der Waals surface area contributed by atoms with Crippen molar-refractivity contribution in [1.82, 2.24) is 15.5 Å². The number of hydrogen-bond donors (Lipinski definition) is 1. The zero-order valence-electron chi connectivity index (χ0n) is 12.2. The average Bonchev–Trinajstić information content (AvgIpc) is 3.14. The van der Waals surface area contributed by atoms with Gasteiger partial charge in [0.15, 0.2) is 5.82 Å². The first-order chi connectivity index (χ1) is 10.3. The predicted molar refractivity (Wildman–Crippen MR) is 81.4 cm³/mol. The van der Waals surface area contributed by atoms with Gasteiger partial charge in [-0.05, 0) is 25.6 Å². The summed E-state index contributed by atoms with van der Waals surface area (Å²) >= 11 is 1.73. The van der Waals surface area contributed by atoms with Crippen molar-refractivity contribution in [3.05, 3.63) is 41.5 Å². The number of aromatic nitrogens is 2. The van der Waals surface area contributed by atoms with Crippen molar-refractivity contribution in [3.8, 4) is 0 Å². The Morgan fingerprint density at radius 2 is 2.19 bits per heavy atom. The Bertz CT molecular complexity index is 602. The first kappa shape index (κ1) is 14.6. The van der Waals surface area contributed by atoms with Gasteiger partial charge in [0.25, 0.3) is 0 Å². The lowest BCUT2D eigenvalue weighted by Gasteiger charge is -2.11. The zero-order valence-corrected chi connectivity index (χ0v) is 13.0. The van der Waals surface area contributed by atoms with Crippen LogP contribution in [0, 0.1) is 6.92 Å². The highest BCUT2D eigenvalue weighted by atomic mass is 32.2. The Labute approximate surface area is 128 Å². The van der Waals surface area contributed by atoms with Crippen molar-refractivity contribution in [2.24, 2.45) is 0 Å². The molecule has 2 aromatic rings. The molecule has 1 aromatic heterocycles. The molecule has 5 nitrogen and oxygen atoms in total. The molecule has 2 heterocycles. The zero-order chi connectivity index (χ0) is 14.7. The van der Waals surface area contributed by atoms with Crippen molar-refractivity contribution in [2.45, 2.75) is 29.5 Å². The van der Waals surface area contributed by atoms with Crippen LogP contribution in [0.3, 0.4) is 0 Å². The van der Waals surface area contributed by atoms with Gasteiger partial charge in [0.1, 0.15) is 0 Å². The van der Waals surface area contributed by atoms with Crippen molar-refractivity contribution >= 4 is 11.8 Å². The molecule has 1 aliphatic rings. The minimum atomic E-state index is 0.153. The number of benzene rings is 1. The van der Waals surface area contributed by atoms with Gasteiger partial charge in [0, 0.05) is 10.9 Å². The molecule has 2 unspecified atom stereocenters. The third-order valence-corrected chi connectivity index (χ3v) is 4.87. The first-order valence-corrected chi connectivity index (χ1v) is 8.02. The Balaban J connectivity index is 1.64. The number of thioether (sulfide) groups is 1. The van der Waals surface area contributed by atoms with E-state index in [9.17, 15) is 0 Å². The normalized spacial score (nSPS) is 21.8. The number of rotatable bonds is 5. The minimum absolute atomic E-state index is 0.153. The van der Waals surface area contributed by atoms with Crippen molar-refractivity contribution in [1.29, 1.82) is 0 Å². The first-order valence-electron chi connectivity index (χ1n) is 7.04. The summed E-state index contributed by atoms with van der Waals surface area (Å²) in [6.07, 6.45) is 0. The van der Waals surface area contributed by atoms with E-state index in [1.54, 1.807) is 11.8 Å². The molecule has 0 aliphatic carbocycles. The lowest BCUT2D eigenvalue weighted by Crippen LogP contribution is -2.31. The van der Waals surface area contributed by atoms with Gasteiger partial charge in [0.2, 0.25) is 5.89 Å². The van der Waals surface area contributed by atoms with E-state index in [0.29, 0.717) is 24.9 Å². The monoisotopic (exact) mass is 305 g/mol. The lowest BCUT2D eigenvalue weighted by atomic mass is 10.0. The fourth-order valence-corrected chi connectivity index (χ4v) is 3.29. The topological polar surface area (TPSA) is 60.2 Å². The molecule has 6 heteroatoms. The summed E-state index contributed by atoms with van der Waals surface area (Å²) in [5.74, 6) is 2.28. The number of nitrogens with one attached hydrogen (secondary N) is 1. The third-order valence-electron chi connectivity index (χ3n) is 3.70. The average molecular weight is 305 g/mol. The van der Waals surface area contributed by atoms with Crippen LogP contribution in [0.15, 0.2) is 33.7 Å². The molecule has 0 saturated carbocycles. The second kappa shape index (κ2) is 6.60. The van der Waals surface area contributed by atoms with Gasteiger partial charge in [-0.2, -0.15) is 4.98 Å². The van der Waals surface area contributed by atoms with E-state index < -0.39 is 0 Å². The van der Waals surface area contributed by atoms with Crippen molar-refractivity contribution in [2.75, 3.05) is 20.3 Å². The predicted octanol–water partition coefficient (Wildman–Crippen LogP) is 2.37. The number of hydrogen-bond acceptors (Lipinski definition) is 6. The van der Waals surface area contributed by atoms with E-state index in [0.717, 1.165) is 5.82 Å². The van der Waals surface area contributed by atoms with Crippen LogP contribution < -0.4 is 5.32 Å². The van der Waals surface area contributed by atoms with Crippen molar-refractivity contribution in [3.63, 3.8) is 0 Å². The van der Waals surface area contributed by atoms with E-state index in [1.807, 2.05) is 19.2 Å². The Hall–Kier alpha value is -1.37. The maximum atomic E-state index is 5.47. The molecule has 1 fully saturated rings. The SMILES string of the molecule is CNC1COCC1c1nc(CSc2ccccc2C)no1. The molecule has 3 rings (SSSR count). The second-order valence-electron chi connectivity index (χ2n) is 5.14. The number of likely N-dealkylation sites (N-methyl/N-ethyl adjacent to an activating group) is 1. The van der Waals surface area contributed by atoms with Crippen LogP contribution in [0.25, 0.3) is 0 Å². The van der Waals surface area contributed by atoms with Gasteiger partial charge in [-0.1, -0.05) is 23.4 Å². The van der Waals surface area contributed by atoms with Crippen LogP contribution in [0.5, 0.6) is 0 Å². The van der Waals surface area contributed by atoms with Gasteiger partial charge in [-0.15, -0.1) is 11.8 Å². The van der Waals surface area contributed by atoms with Crippen LogP contribution in [0.4, 0.5) is 0 Å². The van der Waals surface area contributed by atoms with E-state index in [-0.39, 0.29) is 12.0 Å². The van der Waals surface area contributed by atoms with Gasteiger partial charge in [0.05, 0.1) is 24.9 Å². The number of aryl methyl sites for hydroxylation is 1. The largest absolute Gasteiger partial charge is 0.379 e. The fourth-order valence-electron chi connectivity index (χ4n) is 2.42. The highest BCUT2D eigenvalue weighted by Crippen LogP contribution is 2.27. The third kappa shape index (κ3) is 3.28. The molecule has 1 saturated heterocycles. The summed E-state index contributed by atoms with van der Waals surface area (Å²) in [6.45, 7) is 3.44. The van der Waals surface area contributed by atoms with Crippen LogP contribution in [-0.4, -0.2) is 36.4 Å². The molecule has 112 valence electrons. The van der Waals surface area contributed by atoms with Crippen LogP contribution in [-0.2, 0) is 10.5 Å². The fraction of sp³-hybridized carbons (Fsp3) is 0.467. The molecule has 1 aromatic carbocycles. The van der Waals surface area contributed by atoms with Crippen LogP contribution in [0.1, 0.15) is 23.2 Å². The van der Waals surface area contributed by atoms with E-state index in [2.05, 4.69) is 34.5 Å². The maximum absolute atomic E-state index is 5.47. The molecule has 1 aliphatic heterocycles. The highest BCUT2D eigenvalue weighted by Gasteiger charge is 2.32. The molecule has 0 radical (unpaired) electrons. The smallest absolute Gasteiger partial charge is 0.233 e. The molecule has 2 atom stereocenters. The lowest BCUT2D eigenvalue weighted by molar-refractivity contribution is 0.185. The van der Waals surface area contributed by atoms with Gasteiger partial charge < -0.3 is 14.6 Å². The molecule has 0 spiro atoms. The summed E-state index contributed by atoms with van der Waals surface area (Å²) < 4.78 is 10.9. The Morgan fingerprint density at radius 1 is 1.33 bits per heavy atom. The molecule has 0 amide bonds. The van der Waals surface area contributed by atoms with Gasteiger partial charge in [-0.3, -0.25) is 0 Å². The number of ether oxygens (including phenoxy) is 1. The Morgan fingerprint density at radius 3 is 3.00 bits per heavy atom. The summed E-state index contributed by atoms with van der Waals surface area (Å²) in [5.41, 5.74) is 1.27. The quantitative estimate of drug-likeness (QED) is 0.856. The molecule has 1 N–H and O–H groups in total. The van der Waals surface area contributed by atoms with E-state index in [4.69, 9.17) is 9.26 Å². The summed E-state index contributed by atoms with van der Waals surface area (Å²) in [4.78, 5) is 5.77. The molecular weight excluding hydrogens is 286 g/mol. The molecule has 0 bridgehead atoms. The second-order valence-corrected chi connectivity index (χ2v) is 6.16. The van der Waals surface area contributed by atoms with E-state index >= 15 is 0 Å². The van der Waals surface area contributed by atoms with Gasteiger partial charge >= 0.3 is 0 Å². The molecule has 21 heavy (non-hydrogen) atoms. The van der Waals surface area contributed by atoms with E-state index in [1.165, 1.54) is 10.5 Å². The summed E-state index contributed by atoms with van der Waals surface area (Å²) in [5, 5.41) is 7.31. The maximum Gasteiger partial charge on any atom is 0.233 e. The molecular formula is C15H19N3O2S. The summed E-state index contributed by atoms with van der Waals surface area (Å²) in [6, 6.07) is 8.57.